The molecule has 1 aliphatic carbocycles. The van der Waals surface area contributed by atoms with Gasteiger partial charge in [-0.05, 0) is 48.6 Å². The fraction of sp³-hybridized carbons (Fsp3) is 0.480. The van der Waals surface area contributed by atoms with E-state index in [0.717, 1.165) is 0 Å². The predicted octanol–water partition coefficient (Wildman–Crippen LogP) is 4.71. The standard InChI is InChI=1S/C25H27ClF2N2O4/c1-13(2)22-12-33-25(32)30(22)15-3-4-19(27)23(9-15)34-24-18-7-14(26)8-20(28)17(18)10-21(24)29-6-5-16(31)11-29/h3-4,7-9,13,16,21-22,24,31H,5-6,10-12H2,1-2H3/t16?,21-,22?,24-/m0/s1. The first kappa shape index (κ1) is 23.3. The highest BCUT2D eigenvalue weighted by Crippen LogP contribution is 2.43. The minimum atomic E-state index is -0.690. The maximum atomic E-state index is 15.0. The average molecular weight is 493 g/mol. The number of halogens is 3. The van der Waals surface area contributed by atoms with Crippen LogP contribution >= 0.6 is 11.6 Å². The van der Waals surface area contributed by atoms with Crippen molar-refractivity contribution in [3.63, 3.8) is 0 Å². The number of β-amino-alcohol motifs (C(OH)–C–C–N with tert-alkyl or cyclic N) is 1. The number of hydrogen-bond acceptors (Lipinski definition) is 5. The van der Waals surface area contributed by atoms with Crippen molar-refractivity contribution < 1.29 is 28.2 Å². The van der Waals surface area contributed by atoms with Crippen LogP contribution in [0, 0.1) is 17.6 Å². The molecule has 1 amide bonds. The quantitative estimate of drug-likeness (QED) is 0.655. The maximum absolute atomic E-state index is 15.0. The first-order chi connectivity index (χ1) is 16.2. The number of carbonyl (C=O) groups excluding carboxylic acids is 1. The van der Waals surface area contributed by atoms with Crippen molar-refractivity contribution in [1.82, 2.24) is 4.90 Å². The Balaban J connectivity index is 1.51. The molecule has 4 atom stereocenters. The van der Waals surface area contributed by atoms with Gasteiger partial charge in [0.2, 0.25) is 0 Å². The second-order valence-electron chi connectivity index (χ2n) is 9.58. The molecule has 0 saturated carbocycles. The number of nitrogens with zero attached hydrogens (tertiary/aromatic N) is 2. The fourth-order valence-electron chi connectivity index (χ4n) is 5.24. The summed E-state index contributed by atoms with van der Waals surface area (Å²) in [7, 11) is 0. The molecule has 0 bridgehead atoms. The van der Waals surface area contributed by atoms with Crippen molar-refractivity contribution in [2.75, 3.05) is 24.6 Å². The Labute approximate surface area is 202 Å². The number of carbonyl (C=O) groups is 1. The number of rotatable bonds is 5. The molecule has 5 rings (SSSR count). The van der Waals surface area contributed by atoms with E-state index in [2.05, 4.69) is 4.90 Å². The molecule has 0 aromatic heterocycles. The van der Waals surface area contributed by atoms with Gasteiger partial charge < -0.3 is 14.6 Å². The molecule has 6 nitrogen and oxygen atoms in total. The van der Waals surface area contributed by atoms with Gasteiger partial charge in [0, 0.05) is 29.7 Å². The van der Waals surface area contributed by atoms with Gasteiger partial charge in [-0.1, -0.05) is 25.4 Å². The number of aliphatic hydroxyl groups excluding tert-OH is 1. The number of anilines is 1. The van der Waals surface area contributed by atoms with E-state index in [-0.39, 0.29) is 35.4 Å². The minimum absolute atomic E-state index is 0.0392. The molecular weight excluding hydrogens is 466 g/mol. The zero-order valence-electron chi connectivity index (χ0n) is 19.0. The van der Waals surface area contributed by atoms with Crippen molar-refractivity contribution in [3.8, 4) is 5.75 Å². The monoisotopic (exact) mass is 492 g/mol. The van der Waals surface area contributed by atoms with Crippen LogP contribution in [0.3, 0.4) is 0 Å². The van der Waals surface area contributed by atoms with E-state index in [4.69, 9.17) is 21.1 Å². The Hall–Kier alpha value is -2.42. The fourth-order valence-corrected chi connectivity index (χ4v) is 5.45. The van der Waals surface area contributed by atoms with E-state index < -0.39 is 29.9 Å². The summed E-state index contributed by atoms with van der Waals surface area (Å²) in [5.74, 6) is -0.915. The first-order valence-corrected chi connectivity index (χ1v) is 11.9. The van der Waals surface area contributed by atoms with Crippen LogP contribution < -0.4 is 9.64 Å². The summed E-state index contributed by atoms with van der Waals surface area (Å²) in [6.45, 7) is 5.31. The third-order valence-corrected chi connectivity index (χ3v) is 7.27. The van der Waals surface area contributed by atoms with E-state index >= 15 is 0 Å². The van der Waals surface area contributed by atoms with Gasteiger partial charge in [-0.15, -0.1) is 0 Å². The summed E-state index contributed by atoms with van der Waals surface area (Å²) in [5.41, 5.74) is 1.53. The Bertz CT molecular complexity index is 1110. The van der Waals surface area contributed by atoms with E-state index in [1.165, 1.54) is 29.2 Å². The summed E-state index contributed by atoms with van der Waals surface area (Å²) in [4.78, 5) is 16.0. The third kappa shape index (κ3) is 4.12. The SMILES string of the molecule is CC(C)C1COC(=O)N1c1ccc(F)c(O[C@H]2c3cc(Cl)cc(F)c3C[C@@H]2N2CCC(O)C2)c1. The molecule has 2 aromatic carbocycles. The summed E-state index contributed by atoms with van der Waals surface area (Å²) >= 11 is 6.15. The van der Waals surface area contributed by atoms with Gasteiger partial charge in [0.1, 0.15) is 18.5 Å². The van der Waals surface area contributed by atoms with Crippen molar-refractivity contribution in [1.29, 1.82) is 0 Å². The van der Waals surface area contributed by atoms with E-state index in [0.29, 0.717) is 42.7 Å². The van der Waals surface area contributed by atoms with Gasteiger partial charge in [-0.25, -0.2) is 13.6 Å². The van der Waals surface area contributed by atoms with Crippen LogP contribution in [-0.4, -0.2) is 54.0 Å². The number of fused-ring (bicyclic) bond motifs is 1. The number of cyclic esters (lactones) is 1. The van der Waals surface area contributed by atoms with Crippen molar-refractivity contribution in [2.45, 2.75) is 51.0 Å². The largest absolute Gasteiger partial charge is 0.481 e. The molecule has 2 heterocycles. The smallest absolute Gasteiger partial charge is 0.414 e. The second-order valence-corrected chi connectivity index (χ2v) is 10.0. The molecule has 9 heteroatoms. The lowest BCUT2D eigenvalue weighted by Crippen LogP contribution is -2.39. The zero-order valence-corrected chi connectivity index (χ0v) is 19.8. The maximum Gasteiger partial charge on any atom is 0.414 e. The van der Waals surface area contributed by atoms with Crippen LogP contribution in [0.2, 0.25) is 5.02 Å². The summed E-state index contributed by atoms with van der Waals surface area (Å²) in [6, 6.07) is 6.74. The van der Waals surface area contributed by atoms with Crippen LogP contribution in [0.15, 0.2) is 30.3 Å². The van der Waals surface area contributed by atoms with Gasteiger partial charge in [0.15, 0.2) is 11.6 Å². The van der Waals surface area contributed by atoms with Gasteiger partial charge in [0.25, 0.3) is 0 Å². The molecule has 182 valence electrons. The third-order valence-electron chi connectivity index (χ3n) is 7.05. The summed E-state index contributed by atoms with van der Waals surface area (Å²) in [5, 5.41) is 10.3. The number of aliphatic hydroxyl groups is 1. The number of benzene rings is 2. The molecule has 3 aliphatic rings. The highest BCUT2D eigenvalue weighted by molar-refractivity contribution is 6.30. The topological polar surface area (TPSA) is 62.2 Å². The van der Waals surface area contributed by atoms with Gasteiger partial charge in [-0.2, -0.15) is 0 Å². The number of ether oxygens (including phenoxy) is 2. The predicted molar refractivity (Wildman–Crippen MR) is 123 cm³/mol. The van der Waals surface area contributed by atoms with Crippen molar-refractivity contribution in [3.05, 3.63) is 58.1 Å². The lowest BCUT2D eigenvalue weighted by Gasteiger charge is -2.30. The number of amides is 1. The van der Waals surface area contributed by atoms with Crippen LogP contribution in [0.5, 0.6) is 5.75 Å². The Kier molecular flexibility index (Phi) is 6.16. The molecule has 1 N–H and O–H groups in total. The van der Waals surface area contributed by atoms with E-state index in [1.54, 1.807) is 6.07 Å². The second kappa shape index (κ2) is 8.98. The highest BCUT2D eigenvalue weighted by Gasteiger charge is 2.43. The minimum Gasteiger partial charge on any atom is -0.481 e. The van der Waals surface area contributed by atoms with Crippen LogP contribution in [0.25, 0.3) is 0 Å². The summed E-state index contributed by atoms with van der Waals surface area (Å²) < 4.78 is 41.2. The Morgan fingerprint density at radius 2 is 2.00 bits per heavy atom. The average Bonchev–Trinajstić information content (AvgIpc) is 3.47. The Morgan fingerprint density at radius 3 is 2.71 bits per heavy atom. The molecule has 2 aromatic rings. The van der Waals surface area contributed by atoms with Crippen LogP contribution in [-0.2, 0) is 11.2 Å². The lowest BCUT2D eigenvalue weighted by molar-refractivity contribution is 0.0790. The number of hydrogen-bond donors (Lipinski definition) is 1. The van der Waals surface area contributed by atoms with Crippen molar-refractivity contribution >= 4 is 23.4 Å². The van der Waals surface area contributed by atoms with Gasteiger partial charge >= 0.3 is 6.09 Å². The van der Waals surface area contributed by atoms with Gasteiger partial charge in [-0.3, -0.25) is 9.80 Å². The molecular formula is C25H27ClF2N2O4. The molecule has 2 unspecified atom stereocenters. The highest BCUT2D eigenvalue weighted by atomic mass is 35.5. The van der Waals surface area contributed by atoms with Crippen molar-refractivity contribution in [2.24, 2.45) is 5.92 Å². The zero-order chi connectivity index (χ0) is 24.1. The molecule has 0 spiro atoms. The molecule has 0 radical (unpaired) electrons. The molecule has 2 aliphatic heterocycles. The number of likely N-dealkylation sites (tertiary alicyclic amines) is 1. The summed E-state index contributed by atoms with van der Waals surface area (Å²) in [6.07, 6.45) is -0.664. The lowest BCUT2D eigenvalue weighted by atomic mass is 10.0. The van der Waals surface area contributed by atoms with E-state index in [1.807, 2.05) is 13.8 Å². The van der Waals surface area contributed by atoms with E-state index in [9.17, 15) is 18.7 Å². The molecule has 2 saturated heterocycles. The first-order valence-electron chi connectivity index (χ1n) is 11.5. The van der Waals surface area contributed by atoms with Crippen LogP contribution in [0.4, 0.5) is 19.3 Å². The molecule has 34 heavy (non-hydrogen) atoms. The Morgan fingerprint density at radius 1 is 1.21 bits per heavy atom. The van der Waals surface area contributed by atoms with Crippen LogP contribution in [0.1, 0.15) is 37.5 Å². The normalized spacial score (nSPS) is 26.9. The van der Waals surface area contributed by atoms with Gasteiger partial charge in [0.05, 0.1) is 23.9 Å². The molecule has 2 fully saturated rings.